The van der Waals surface area contributed by atoms with Gasteiger partial charge in [0.25, 0.3) is 5.91 Å². The Balaban J connectivity index is 2.03. The number of thiocarbonyl (C=S) groups is 1. The maximum Gasteiger partial charge on any atom is 0.257 e. The normalized spacial score (nSPS) is 10.0. The predicted molar refractivity (Wildman–Crippen MR) is 86.3 cm³/mol. The molecular formula is C15H12ClFN2OS. The molecule has 0 aliphatic carbocycles. The topological polar surface area (TPSA) is 41.1 Å². The second kappa shape index (κ2) is 6.65. The van der Waals surface area contributed by atoms with E-state index in [0.717, 1.165) is 5.56 Å². The summed E-state index contributed by atoms with van der Waals surface area (Å²) in [5.74, 6) is -0.811. The number of hydrogen-bond donors (Lipinski definition) is 2. The van der Waals surface area contributed by atoms with Crippen molar-refractivity contribution in [2.45, 2.75) is 6.92 Å². The van der Waals surface area contributed by atoms with Crippen LogP contribution in [0.15, 0.2) is 42.5 Å². The van der Waals surface area contributed by atoms with Crippen LogP contribution in [0.25, 0.3) is 0 Å². The lowest BCUT2D eigenvalue weighted by atomic mass is 10.2. The molecule has 0 spiro atoms. The number of benzene rings is 2. The van der Waals surface area contributed by atoms with Crippen LogP contribution in [0, 0.1) is 12.7 Å². The molecule has 2 aromatic carbocycles. The van der Waals surface area contributed by atoms with Crippen molar-refractivity contribution >= 4 is 40.5 Å². The molecular weight excluding hydrogens is 311 g/mol. The number of hydrogen-bond acceptors (Lipinski definition) is 2. The highest BCUT2D eigenvalue weighted by molar-refractivity contribution is 7.80. The van der Waals surface area contributed by atoms with Crippen LogP contribution in [0.2, 0.25) is 5.02 Å². The third-order valence-electron chi connectivity index (χ3n) is 2.85. The molecule has 0 radical (unpaired) electrons. The van der Waals surface area contributed by atoms with Gasteiger partial charge in [-0.1, -0.05) is 17.7 Å². The van der Waals surface area contributed by atoms with Crippen LogP contribution in [0.4, 0.5) is 10.1 Å². The fourth-order valence-electron chi connectivity index (χ4n) is 1.67. The molecule has 3 nitrogen and oxygen atoms in total. The summed E-state index contributed by atoms with van der Waals surface area (Å²) in [5, 5.41) is 6.18. The van der Waals surface area contributed by atoms with E-state index in [0.29, 0.717) is 16.3 Å². The minimum absolute atomic E-state index is 0.148. The van der Waals surface area contributed by atoms with Crippen LogP contribution in [-0.4, -0.2) is 11.0 Å². The molecule has 0 aliphatic rings. The minimum Gasteiger partial charge on any atom is -0.332 e. The molecule has 2 N–H and O–H groups in total. The zero-order valence-corrected chi connectivity index (χ0v) is 12.7. The largest absolute Gasteiger partial charge is 0.332 e. The van der Waals surface area contributed by atoms with Crippen molar-refractivity contribution in [2.24, 2.45) is 0 Å². The second-order valence-electron chi connectivity index (χ2n) is 4.33. The van der Waals surface area contributed by atoms with Gasteiger partial charge in [-0.15, -0.1) is 0 Å². The van der Waals surface area contributed by atoms with Crippen molar-refractivity contribution in [3.63, 3.8) is 0 Å². The van der Waals surface area contributed by atoms with E-state index in [1.807, 2.05) is 6.92 Å². The Hall–Kier alpha value is -1.98. The highest BCUT2D eigenvalue weighted by Gasteiger charge is 2.09. The number of nitrogens with one attached hydrogen (secondary N) is 2. The second-order valence-corrected chi connectivity index (χ2v) is 5.14. The first kappa shape index (κ1) is 15.4. The van der Waals surface area contributed by atoms with E-state index in [9.17, 15) is 9.18 Å². The summed E-state index contributed by atoms with van der Waals surface area (Å²) in [6.07, 6.45) is 0. The molecule has 0 fully saturated rings. The zero-order valence-electron chi connectivity index (χ0n) is 11.1. The molecule has 108 valence electrons. The SMILES string of the molecule is Cc1c(Cl)cccc1NC(=S)NC(=O)c1ccc(F)cc1. The Morgan fingerprint density at radius 2 is 1.86 bits per heavy atom. The maximum atomic E-state index is 12.8. The van der Waals surface area contributed by atoms with Crippen molar-refractivity contribution in [2.75, 3.05) is 5.32 Å². The summed E-state index contributed by atoms with van der Waals surface area (Å²) in [4.78, 5) is 11.9. The van der Waals surface area contributed by atoms with Gasteiger partial charge in [-0.3, -0.25) is 10.1 Å². The summed E-state index contributed by atoms with van der Waals surface area (Å²) in [7, 11) is 0. The van der Waals surface area contributed by atoms with E-state index in [4.69, 9.17) is 23.8 Å². The number of carbonyl (C=O) groups excluding carboxylic acids is 1. The smallest absolute Gasteiger partial charge is 0.257 e. The molecule has 2 aromatic rings. The van der Waals surface area contributed by atoms with Crippen LogP contribution in [-0.2, 0) is 0 Å². The molecule has 0 unspecified atom stereocenters. The van der Waals surface area contributed by atoms with E-state index in [-0.39, 0.29) is 5.11 Å². The number of anilines is 1. The highest BCUT2D eigenvalue weighted by atomic mass is 35.5. The Morgan fingerprint density at radius 1 is 1.19 bits per heavy atom. The van der Waals surface area contributed by atoms with Gasteiger partial charge in [0.1, 0.15) is 5.82 Å². The van der Waals surface area contributed by atoms with Gasteiger partial charge >= 0.3 is 0 Å². The van der Waals surface area contributed by atoms with Gasteiger partial charge in [-0.2, -0.15) is 0 Å². The molecule has 1 amide bonds. The Morgan fingerprint density at radius 3 is 2.52 bits per heavy atom. The van der Waals surface area contributed by atoms with Gasteiger partial charge in [-0.25, -0.2) is 4.39 Å². The van der Waals surface area contributed by atoms with Gasteiger partial charge in [0.15, 0.2) is 5.11 Å². The average Bonchev–Trinajstić information content (AvgIpc) is 2.44. The number of amides is 1. The maximum absolute atomic E-state index is 12.8. The van der Waals surface area contributed by atoms with Crippen molar-refractivity contribution in [1.29, 1.82) is 0 Å². The van der Waals surface area contributed by atoms with Gasteiger partial charge in [0.2, 0.25) is 0 Å². The predicted octanol–water partition coefficient (Wildman–Crippen LogP) is 3.91. The van der Waals surface area contributed by atoms with Gasteiger partial charge in [0.05, 0.1) is 0 Å². The molecule has 0 saturated heterocycles. The first-order valence-corrected chi connectivity index (χ1v) is 6.89. The minimum atomic E-state index is -0.410. The monoisotopic (exact) mass is 322 g/mol. The van der Waals surface area contributed by atoms with Crippen molar-refractivity contribution in [1.82, 2.24) is 5.32 Å². The van der Waals surface area contributed by atoms with Crippen molar-refractivity contribution in [3.05, 3.63) is 64.4 Å². The summed E-state index contributed by atoms with van der Waals surface area (Å²) < 4.78 is 12.8. The molecule has 0 aliphatic heterocycles. The molecule has 21 heavy (non-hydrogen) atoms. The highest BCUT2D eigenvalue weighted by Crippen LogP contribution is 2.22. The Labute approximate surface area is 132 Å². The lowest BCUT2D eigenvalue weighted by Gasteiger charge is -2.12. The summed E-state index contributed by atoms with van der Waals surface area (Å²) in [6, 6.07) is 10.6. The summed E-state index contributed by atoms with van der Waals surface area (Å²) in [6.45, 7) is 1.84. The van der Waals surface area contributed by atoms with Crippen molar-refractivity contribution < 1.29 is 9.18 Å². The number of halogens is 2. The number of rotatable bonds is 2. The molecule has 0 atom stereocenters. The standard InChI is InChI=1S/C15H12ClFN2OS/c1-9-12(16)3-2-4-13(9)18-15(21)19-14(20)10-5-7-11(17)8-6-10/h2-8H,1H3,(H2,18,19,20,21). The Bertz CT molecular complexity index is 689. The van der Waals surface area contributed by atoms with Crippen molar-refractivity contribution in [3.8, 4) is 0 Å². The molecule has 0 aromatic heterocycles. The van der Waals surface area contributed by atoms with E-state index >= 15 is 0 Å². The lowest BCUT2D eigenvalue weighted by Crippen LogP contribution is -2.34. The van der Waals surface area contributed by atoms with Crippen LogP contribution < -0.4 is 10.6 Å². The van der Waals surface area contributed by atoms with Crippen LogP contribution >= 0.6 is 23.8 Å². The van der Waals surface area contributed by atoms with Gasteiger partial charge in [0, 0.05) is 16.3 Å². The third-order valence-corrected chi connectivity index (χ3v) is 3.46. The van der Waals surface area contributed by atoms with Gasteiger partial charge < -0.3 is 5.32 Å². The van der Waals surface area contributed by atoms with Crippen LogP contribution in [0.3, 0.4) is 0 Å². The number of carbonyl (C=O) groups is 1. The fraction of sp³-hybridized carbons (Fsp3) is 0.0667. The lowest BCUT2D eigenvalue weighted by molar-refractivity contribution is 0.0977. The van der Waals surface area contributed by atoms with Crippen LogP contribution in [0.5, 0.6) is 0 Å². The zero-order chi connectivity index (χ0) is 15.4. The molecule has 6 heteroatoms. The average molecular weight is 323 g/mol. The van der Waals surface area contributed by atoms with E-state index < -0.39 is 11.7 Å². The van der Waals surface area contributed by atoms with Gasteiger partial charge in [-0.05, 0) is 61.1 Å². The molecule has 0 bridgehead atoms. The molecule has 0 heterocycles. The first-order valence-electron chi connectivity index (χ1n) is 6.10. The first-order chi connectivity index (χ1) is 9.97. The third kappa shape index (κ3) is 4.00. The fourth-order valence-corrected chi connectivity index (χ4v) is 2.05. The van der Waals surface area contributed by atoms with E-state index in [2.05, 4.69) is 10.6 Å². The van der Waals surface area contributed by atoms with Crippen LogP contribution in [0.1, 0.15) is 15.9 Å². The quantitative estimate of drug-likeness (QED) is 0.824. The van der Waals surface area contributed by atoms with E-state index in [1.165, 1.54) is 24.3 Å². The van der Waals surface area contributed by atoms with E-state index in [1.54, 1.807) is 18.2 Å². The molecule has 0 saturated carbocycles. The summed E-state index contributed by atoms with van der Waals surface area (Å²) >= 11 is 11.1. The Kier molecular flexibility index (Phi) is 4.88. The molecule has 2 rings (SSSR count). The summed E-state index contributed by atoms with van der Waals surface area (Å²) in [5.41, 5.74) is 1.87.